The van der Waals surface area contributed by atoms with Crippen molar-refractivity contribution in [3.05, 3.63) is 47.2 Å². The Morgan fingerprint density at radius 1 is 1.11 bits per heavy atom. The fourth-order valence-electron chi connectivity index (χ4n) is 6.07. The Hall–Kier alpha value is -1.43. The van der Waals surface area contributed by atoms with Crippen molar-refractivity contribution in [2.24, 2.45) is 17.3 Å². The minimum absolute atomic E-state index is 0.0900. The van der Waals surface area contributed by atoms with Crippen LogP contribution >= 0.6 is 12.2 Å². The first-order valence-electron chi connectivity index (χ1n) is 10.2. The van der Waals surface area contributed by atoms with Gasteiger partial charge in [-0.05, 0) is 48.5 Å². The number of benzene rings is 1. The molecule has 2 fully saturated rings. The highest BCUT2D eigenvalue weighted by atomic mass is 32.1. The lowest BCUT2D eigenvalue weighted by Gasteiger charge is -2.56. The van der Waals surface area contributed by atoms with Crippen LogP contribution in [0, 0.1) is 17.3 Å². The number of fused-ring (bicyclic) bond motifs is 2. The molecule has 2 aliphatic heterocycles. The van der Waals surface area contributed by atoms with Gasteiger partial charge in [0.15, 0.2) is 10.9 Å². The van der Waals surface area contributed by atoms with Gasteiger partial charge in [0.2, 0.25) is 0 Å². The molecule has 4 nitrogen and oxygen atoms in total. The number of allylic oxidation sites excluding steroid dienone is 1. The van der Waals surface area contributed by atoms with E-state index in [2.05, 4.69) is 54.8 Å². The molecule has 2 N–H and O–H groups in total. The summed E-state index contributed by atoms with van der Waals surface area (Å²) in [6.45, 7) is 6.20. The maximum absolute atomic E-state index is 6.14. The number of rotatable bonds is 1. The van der Waals surface area contributed by atoms with E-state index in [1.165, 1.54) is 23.3 Å². The normalized spacial score (nSPS) is 37.4. The molecule has 1 unspecified atom stereocenters. The fraction of sp³-hybridized carbons (Fsp3) is 0.591. The average Bonchev–Trinajstić information content (AvgIpc) is 3.16. The van der Waals surface area contributed by atoms with Crippen molar-refractivity contribution in [1.82, 2.24) is 10.6 Å². The maximum atomic E-state index is 6.14. The Bertz CT molecular complexity index is 787. The second kappa shape index (κ2) is 6.29. The molecular weight excluding hydrogens is 356 g/mol. The SMILES string of the molecule is C[C@@H]1[C@H]2CCC3=C(NC(=S)NC3c3ccccc3)[C@]2(C)CCC12OCCO2. The van der Waals surface area contributed by atoms with E-state index >= 15 is 0 Å². The van der Waals surface area contributed by atoms with Gasteiger partial charge in [0.1, 0.15) is 0 Å². The second-order valence-corrected chi connectivity index (χ2v) is 9.11. The zero-order valence-corrected chi connectivity index (χ0v) is 16.9. The van der Waals surface area contributed by atoms with Gasteiger partial charge in [-0.3, -0.25) is 0 Å². The summed E-state index contributed by atoms with van der Waals surface area (Å²) < 4.78 is 12.3. The van der Waals surface area contributed by atoms with Crippen LogP contribution in [0.15, 0.2) is 41.6 Å². The van der Waals surface area contributed by atoms with E-state index in [4.69, 9.17) is 21.7 Å². The molecule has 4 atom stereocenters. The third kappa shape index (κ3) is 2.59. The van der Waals surface area contributed by atoms with Crippen molar-refractivity contribution in [2.45, 2.75) is 51.4 Å². The van der Waals surface area contributed by atoms with Crippen molar-refractivity contribution >= 4 is 17.3 Å². The molecule has 5 rings (SSSR count). The van der Waals surface area contributed by atoms with E-state index in [0.29, 0.717) is 11.8 Å². The molecule has 0 amide bonds. The average molecular weight is 385 g/mol. The van der Waals surface area contributed by atoms with Crippen LogP contribution in [-0.2, 0) is 9.47 Å². The summed E-state index contributed by atoms with van der Waals surface area (Å²) in [6, 6.07) is 10.9. The summed E-state index contributed by atoms with van der Waals surface area (Å²) in [5, 5.41) is 7.83. The number of hydrogen-bond donors (Lipinski definition) is 2. The van der Waals surface area contributed by atoms with E-state index in [0.717, 1.165) is 37.6 Å². The van der Waals surface area contributed by atoms with Crippen LogP contribution in [0.3, 0.4) is 0 Å². The summed E-state index contributed by atoms with van der Waals surface area (Å²) >= 11 is 5.62. The summed E-state index contributed by atoms with van der Waals surface area (Å²) in [6.07, 6.45) is 4.27. The van der Waals surface area contributed by atoms with Gasteiger partial charge in [0, 0.05) is 23.5 Å². The van der Waals surface area contributed by atoms with Crippen molar-refractivity contribution in [1.29, 1.82) is 0 Å². The van der Waals surface area contributed by atoms with Gasteiger partial charge in [-0.25, -0.2) is 0 Å². The Morgan fingerprint density at radius 3 is 2.59 bits per heavy atom. The third-order valence-electron chi connectivity index (χ3n) is 7.50. The van der Waals surface area contributed by atoms with Crippen LogP contribution in [0.1, 0.15) is 51.1 Å². The van der Waals surface area contributed by atoms with E-state index < -0.39 is 0 Å². The van der Waals surface area contributed by atoms with Gasteiger partial charge >= 0.3 is 0 Å². The van der Waals surface area contributed by atoms with Crippen LogP contribution in [0.2, 0.25) is 0 Å². The smallest absolute Gasteiger partial charge is 0.171 e. The fourth-order valence-corrected chi connectivity index (χ4v) is 6.29. The largest absolute Gasteiger partial charge is 0.352 e. The number of hydrogen-bond acceptors (Lipinski definition) is 3. The standard InChI is InChI=1S/C22H28N2O2S/c1-14-17-9-8-16-18(15-6-4-3-5-7-15)23-20(27)24-19(16)21(17,2)10-11-22(14)25-12-13-26-22/h3-7,14,17-18H,8-13H2,1-2H3,(H2,23,24,27)/t14-,17-,18?,21-/m1/s1. The van der Waals surface area contributed by atoms with Gasteiger partial charge in [0.25, 0.3) is 0 Å². The van der Waals surface area contributed by atoms with Crippen LogP contribution in [-0.4, -0.2) is 24.1 Å². The second-order valence-electron chi connectivity index (χ2n) is 8.70. The lowest BCUT2D eigenvalue weighted by Crippen LogP contribution is -2.58. The highest BCUT2D eigenvalue weighted by Crippen LogP contribution is 2.60. The molecule has 1 spiro atoms. The van der Waals surface area contributed by atoms with Gasteiger partial charge in [0.05, 0.1) is 19.3 Å². The van der Waals surface area contributed by atoms with Crippen molar-refractivity contribution < 1.29 is 9.47 Å². The van der Waals surface area contributed by atoms with Gasteiger partial charge in [-0.2, -0.15) is 0 Å². The zero-order chi connectivity index (χ0) is 18.6. The summed E-state index contributed by atoms with van der Waals surface area (Å²) in [5.74, 6) is 0.551. The molecule has 1 aromatic rings. The highest BCUT2D eigenvalue weighted by Gasteiger charge is 2.58. The minimum atomic E-state index is -0.367. The Morgan fingerprint density at radius 2 is 1.85 bits per heavy atom. The Kier molecular flexibility index (Phi) is 4.12. The van der Waals surface area contributed by atoms with E-state index in [9.17, 15) is 0 Å². The van der Waals surface area contributed by atoms with Crippen LogP contribution in [0.5, 0.6) is 0 Å². The lowest BCUT2D eigenvalue weighted by molar-refractivity contribution is -0.240. The predicted molar refractivity (Wildman–Crippen MR) is 109 cm³/mol. The highest BCUT2D eigenvalue weighted by molar-refractivity contribution is 7.80. The summed E-state index contributed by atoms with van der Waals surface area (Å²) in [7, 11) is 0. The number of nitrogens with one attached hydrogen (secondary N) is 2. The molecule has 27 heavy (non-hydrogen) atoms. The molecule has 144 valence electrons. The molecule has 5 heteroatoms. The van der Waals surface area contributed by atoms with E-state index in [1.807, 2.05) is 0 Å². The molecule has 2 aliphatic carbocycles. The molecule has 4 aliphatic rings. The minimum Gasteiger partial charge on any atom is -0.352 e. The van der Waals surface area contributed by atoms with E-state index in [1.54, 1.807) is 0 Å². The molecular formula is C22H28N2O2S. The first kappa shape index (κ1) is 17.7. The van der Waals surface area contributed by atoms with Gasteiger partial charge in [-0.15, -0.1) is 0 Å². The molecule has 1 saturated heterocycles. The Balaban J connectivity index is 1.55. The molecule has 1 saturated carbocycles. The molecule has 1 aromatic carbocycles. The quantitative estimate of drug-likeness (QED) is 0.715. The Labute approximate surface area is 166 Å². The lowest BCUT2D eigenvalue weighted by atomic mass is 9.54. The van der Waals surface area contributed by atoms with E-state index in [-0.39, 0.29) is 17.2 Å². The zero-order valence-electron chi connectivity index (χ0n) is 16.1. The molecule has 0 bridgehead atoms. The molecule has 0 aromatic heterocycles. The number of ether oxygens (including phenoxy) is 2. The topological polar surface area (TPSA) is 42.5 Å². The third-order valence-corrected chi connectivity index (χ3v) is 7.72. The van der Waals surface area contributed by atoms with Crippen LogP contribution in [0.25, 0.3) is 0 Å². The first-order chi connectivity index (χ1) is 13.0. The van der Waals surface area contributed by atoms with Gasteiger partial charge < -0.3 is 20.1 Å². The summed E-state index contributed by atoms with van der Waals surface area (Å²) in [5.41, 5.74) is 4.21. The van der Waals surface area contributed by atoms with Crippen molar-refractivity contribution in [2.75, 3.05) is 13.2 Å². The van der Waals surface area contributed by atoms with Crippen LogP contribution < -0.4 is 10.6 Å². The molecule has 0 radical (unpaired) electrons. The maximum Gasteiger partial charge on any atom is 0.171 e. The predicted octanol–water partition coefficient (Wildman–Crippen LogP) is 4.05. The van der Waals surface area contributed by atoms with Crippen molar-refractivity contribution in [3.63, 3.8) is 0 Å². The molecule has 2 heterocycles. The first-order valence-corrected chi connectivity index (χ1v) is 10.6. The van der Waals surface area contributed by atoms with Crippen LogP contribution in [0.4, 0.5) is 0 Å². The van der Waals surface area contributed by atoms with Gasteiger partial charge in [-0.1, -0.05) is 44.2 Å². The monoisotopic (exact) mass is 384 g/mol. The summed E-state index contributed by atoms with van der Waals surface area (Å²) in [4.78, 5) is 0. The number of thiocarbonyl (C=S) groups is 1. The van der Waals surface area contributed by atoms with Crippen molar-refractivity contribution in [3.8, 4) is 0 Å².